The topological polar surface area (TPSA) is 49.4 Å². The predicted octanol–water partition coefficient (Wildman–Crippen LogP) is 2.51. The van der Waals surface area contributed by atoms with Crippen LogP contribution in [0.15, 0.2) is 30.3 Å². The lowest BCUT2D eigenvalue weighted by Crippen LogP contribution is -2.43. The van der Waals surface area contributed by atoms with Crippen molar-refractivity contribution in [1.82, 2.24) is 10.2 Å². The van der Waals surface area contributed by atoms with Crippen LogP contribution >= 0.6 is 0 Å². The molecule has 1 aromatic rings. The molecule has 0 aromatic heterocycles. The third-order valence-electron chi connectivity index (χ3n) is 4.83. The van der Waals surface area contributed by atoms with Crippen LogP contribution in [0, 0.1) is 11.8 Å². The number of rotatable bonds is 5. The van der Waals surface area contributed by atoms with E-state index < -0.39 is 6.04 Å². The largest absolute Gasteiger partial charge is 0.341 e. The first kappa shape index (κ1) is 15.1. The van der Waals surface area contributed by atoms with E-state index >= 15 is 0 Å². The van der Waals surface area contributed by atoms with Crippen molar-refractivity contribution >= 4 is 11.8 Å². The Bertz CT molecular complexity index is 533. The van der Waals surface area contributed by atoms with E-state index in [1.807, 2.05) is 42.2 Å². The van der Waals surface area contributed by atoms with Crippen LogP contribution < -0.4 is 5.32 Å². The van der Waals surface area contributed by atoms with E-state index in [9.17, 15) is 9.59 Å². The monoisotopic (exact) mass is 300 g/mol. The summed E-state index contributed by atoms with van der Waals surface area (Å²) in [5, 5.41) is 3.00. The fourth-order valence-corrected chi connectivity index (χ4v) is 3.14. The van der Waals surface area contributed by atoms with E-state index in [0.29, 0.717) is 5.92 Å². The van der Waals surface area contributed by atoms with Gasteiger partial charge >= 0.3 is 0 Å². The molecule has 1 aromatic carbocycles. The van der Waals surface area contributed by atoms with E-state index in [1.54, 1.807) is 0 Å². The molecule has 118 valence electrons. The van der Waals surface area contributed by atoms with Crippen molar-refractivity contribution in [3.05, 3.63) is 35.9 Å². The number of benzene rings is 1. The first-order chi connectivity index (χ1) is 10.7. The van der Waals surface area contributed by atoms with Gasteiger partial charge in [-0.1, -0.05) is 37.3 Å². The SMILES string of the molecule is CC(C(=O)NC(C(=O)N1CCCC1)c1ccccc1)C1CC1. The second kappa shape index (κ2) is 6.51. The molecule has 1 heterocycles. The lowest BCUT2D eigenvalue weighted by atomic mass is 10.0. The molecule has 1 aliphatic carbocycles. The molecule has 0 spiro atoms. The zero-order valence-corrected chi connectivity index (χ0v) is 13.1. The molecule has 2 aliphatic rings. The quantitative estimate of drug-likeness (QED) is 0.908. The fourth-order valence-electron chi connectivity index (χ4n) is 3.14. The zero-order chi connectivity index (χ0) is 15.5. The standard InChI is InChI=1S/C18H24N2O2/c1-13(14-9-10-14)17(21)19-16(15-7-3-2-4-8-15)18(22)20-11-5-6-12-20/h2-4,7-8,13-14,16H,5-6,9-12H2,1H3,(H,19,21). The van der Waals surface area contributed by atoms with Crippen molar-refractivity contribution in [2.45, 2.75) is 38.6 Å². The van der Waals surface area contributed by atoms with Gasteiger partial charge in [0.1, 0.15) is 6.04 Å². The Morgan fingerprint density at radius 1 is 1.14 bits per heavy atom. The molecule has 22 heavy (non-hydrogen) atoms. The molecule has 4 heteroatoms. The Balaban J connectivity index is 1.76. The first-order valence-electron chi connectivity index (χ1n) is 8.31. The molecule has 2 atom stereocenters. The number of hydrogen-bond donors (Lipinski definition) is 1. The number of carbonyl (C=O) groups is 2. The Morgan fingerprint density at radius 3 is 2.36 bits per heavy atom. The highest BCUT2D eigenvalue weighted by Crippen LogP contribution is 2.37. The van der Waals surface area contributed by atoms with Crippen LogP contribution in [0.5, 0.6) is 0 Å². The normalized spacial score (nSPS) is 20.5. The summed E-state index contributed by atoms with van der Waals surface area (Å²) in [6.45, 7) is 3.57. The van der Waals surface area contributed by atoms with Crippen molar-refractivity contribution in [3.63, 3.8) is 0 Å². The molecular weight excluding hydrogens is 276 g/mol. The minimum atomic E-state index is -0.548. The summed E-state index contributed by atoms with van der Waals surface area (Å²) in [7, 11) is 0. The van der Waals surface area contributed by atoms with Gasteiger partial charge in [-0.15, -0.1) is 0 Å². The molecule has 4 nitrogen and oxygen atoms in total. The van der Waals surface area contributed by atoms with Crippen LogP contribution in [-0.2, 0) is 9.59 Å². The molecule has 1 saturated carbocycles. The number of carbonyl (C=O) groups excluding carboxylic acids is 2. The van der Waals surface area contributed by atoms with Crippen LogP contribution in [-0.4, -0.2) is 29.8 Å². The van der Waals surface area contributed by atoms with E-state index in [4.69, 9.17) is 0 Å². The van der Waals surface area contributed by atoms with Crippen molar-refractivity contribution in [3.8, 4) is 0 Å². The molecule has 1 aliphatic heterocycles. The third-order valence-corrected chi connectivity index (χ3v) is 4.83. The zero-order valence-electron chi connectivity index (χ0n) is 13.1. The van der Waals surface area contributed by atoms with Gasteiger partial charge in [-0.3, -0.25) is 9.59 Å². The van der Waals surface area contributed by atoms with Gasteiger partial charge in [-0.25, -0.2) is 0 Å². The Morgan fingerprint density at radius 2 is 1.77 bits per heavy atom. The Labute approximate surface area is 131 Å². The smallest absolute Gasteiger partial charge is 0.249 e. The minimum Gasteiger partial charge on any atom is -0.341 e. The number of amides is 2. The third kappa shape index (κ3) is 3.32. The highest BCUT2D eigenvalue weighted by molar-refractivity contribution is 5.89. The van der Waals surface area contributed by atoms with Crippen molar-refractivity contribution in [1.29, 1.82) is 0 Å². The molecular formula is C18H24N2O2. The van der Waals surface area contributed by atoms with Crippen LogP contribution in [0.3, 0.4) is 0 Å². The van der Waals surface area contributed by atoms with Gasteiger partial charge in [-0.2, -0.15) is 0 Å². The van der Waals surface area contributed by atoms with Crippen LogP contribution in [0.4, 0.5) is 0 Å². The molecule has 2 amide bonds. The van der Waals surface area contributed by atoms with E-state index in [-0.39, 0.29) is 17.7 Å². The van der Waals surface area contributed by atoms with Gasteiger partial charge in [0.15, 0.2) is 0 Å². The lowest BCUT2D eigenvalue weighted by Gasteiger charge is -2.25. The summed E-state index contributed by atoms with van der Waals surface area (Å²) in [5.41, 5.74) is 0.871. The van der Waals surface area contributed by atoms with E-state index in [2.05, 4.69) is 5.32 Å². The second-order valence-electron chi connectivity index (χ2n) is 6.51. The van der Waals surface area contributed by atoms with Crippen LogP contribution in [0.25, 0.3) is 0 Å². The van der Waals surface area contributed by atoms with Gasteiger partial charge < -0.3 is 10.2 Å². The second-order valence-corrected chi connectivity index (χ2v) is 6.51. The Hall–Kier alpha value is -1.84. The van der Waals surface area contributed by atoms with Crippen LogP contribution in [0.2, 0.25) is 0 Å². The van der Waals surface area contributed by atoms with Gasteiger partial charge in [0.05, 0.1) is 0 Å². The van der Waals surface area contributed by atoms with Gasteiger partial charge in [-0.05, 0) is 37.2 Å². The van der Waals surface area contributed by atoms with Crippen molar-refractivity contribution < 1.29 is 9.59 Å². The highest BCUT2D eigenvalue weighted by Gasteiger charge is 2.35. The maximum atomic E-state index is 12.8. The minimum absolute atomic E-state index is 0.00223. The van der Waals surface area contributed by atoms with Crippen molar-refractivity contribution in [2.24, 2.45) is 11.8 Å². The summed E-state index contributed by atoms with van der Waals surface area (Å²) >= 11 is 0. The Kier molecular flexibility index (Phi) is 4.46. The maximum absolute atomic E-state index is 12.8. The maximum Gasteiger partial charge on any atom is 0.249 e. The van der Waals surface area contributed by atoms with Gasteiger partial charge in [0, 0.05) is 19.0 Å². The van der Waals surface area contributed by atoms with Crippen molar-refractivity contribution in [2.75, 3.05) is 13.1 Å². The molecule has 1 saturated heterocycles. The average Bonchev–Trinajstić information content (AvgIpc) is 3.26. The number of hydrogen-bond acceptors (Lipinski definition) is 2. The van der Waals surface area contributed by atoms with Crippen LogP contribution in [0.1, 0.15) is 44.2 Å². The number of nitrogens with zero attached hydrogens (tertiary/aromatic N) is 1. The molecule has 2 unspecified atom stereocenters. The number of nitrogens with one attached hydrogen (secondary N) is 1. The summed E-state index contributed by atoms with van der Waals surface area (Å²) in [4.78, 5) is 27.1. The van der Waals surface area contributed by atoms with E-state index in [0.717, 1.165) is 44.3 Å². The van der Waals surface area contributed by atoms with Gasteiger partial charge in [0.25, 0.3) is 0 Å². The van der Waals surface area contributed by atoms with E-state index in [1.165, 1.54) is 0 Å². The predicted molar refractivity (Wildman–Crippen MR) is 85.0 cm³/mol. The summed E-state index contributed by atoms with van der Waals surface area (Å²) in [5.74, 6) is 0.528. The first-order valence-corrected chi connectivity index (χ1v) is 8.31. The summed E-state index contributed by atoms with van der Waals surface area (Å²) in [6.07, 6.45) is 4.37. The molecule has 0 bridgehead atoms. The van der Waals surface area contributed by atoms with Gasteiger partial charge in [0.2, 0.25) is 11.8 Å². The lowest BCUT2D eigenvalue weighted by molar-refractivity contribution is -0.137. The summed E-state index contributed by atoms with van der Waals surface area (Å²) in [6, 6.07) is 9.04. The average molecular weight is 300 g/mol. The highest BCUT2D eigenvalue weighted by atomic mass is 16.2. The fraction of sp³-hybridized carbons (Fsp3) is 0.556. The number of likely N-dealkylation sites (tertiary alicyclic amines) is 1. The molecule has 0 radical (unpaired) electrons. The molecule has 1 N–H and O–H groups in total. The summed E-state index contributed by atoms with van der Waals surface area (Å²) < 4.78 is 0. The molecule has 2 fully saturated rings. The molecule has 3 rings (SSSR count).